The largest absolute Gasteiger partial charge is 0.329 e. The normalized spacial score (nSPS) is 19.4. The molecular formula is C16H28N4. The molecule has 112 valence electrons. The van der Waals surface area contributed by atoms with Crippen LogP contribution >= 0.6 is 0 Å². The Bertz CT molecular complexity index is 395. The summed E-state index contributed by atoms with van der Waals surface area (Å²) in [7, 11) is 4.40. The predicted octanol–water partition coefficient (Wildman–Crippen LogP) is 1.66. The second kappa shape index (κ2) is 7.16. The van der Waals surface area contributed by atoms with Gasteiger partial charge < -0.3 is 10.6 Å². The number of rotatable bonds is 5. The number of likely N-dealkylation sites (tertiary alicyclic amines) is 1. The molecule has 0 aliphatic carbocycles. The lowest BCUT2D eigenvalue weighted by Crippen LogP contribution is -2.38. The minimum atomic E-state index is 0.280. The molecule has 1 aromatic rings. The van der Waals surface area contributed by atoms with Crippen molar-refractivity contribution in [2.75, 3.05) is 40.3 Å². The third-order valence-corrected chi connectivity index (χ3v) is 4.46. The minimum Gasteiger partial charge on any atom is -0.329 e. The summed E-state index contributed by atoms with van der Waals surface area (Å²) in [6.07, 6.45) is 4.56. The van der Waals surface area contributed by atoms with Gasteiger partial charge in [0.05, 0.1) is 0 Å². The number of aryl methyl sites for hydroxylation is 1. The van der Waals surface area contributed by atoms with Gasteiger partial charge in [-0.1, -0.05) is 6.07 Å². The van der Waals surface area contributed by atoms with Gasteiger partial charge in [0.2, 0.25) is 0 Å². The highest BCUT2D eigenvalue weighted by molar-refractivity contribution is 5.17. The maximum atomic E-state index is 5.99. The van der Waals surface area contributed by atoms with Gasteiger partial charge in [0.1, 0.15) is 0 Å². The van der Waals surface area contributed by atoms with Gasteiger partial charge in [-0.05, 0) is 64.5 Å². The summed E-state index contributed by atoms with van der Waals surface area (Å²) in [4.78, 5) is 9.22. The Morgan fingerprint density at radius 3 is 2.65 bits per heavy atom. The molecule has 2 N–H and O–H groups in total. The van der Waals surface area contributed by atoms with Crippen LogP contribution in [0.25, 0.3) is 0 Å². The Labute approximate surface area is 123 Å². The molecule has 0 radical (unpaired) electrons. The third kappa shape index (κ3) is 4.01. The number of nitrogens with zero attached hydrogens (tertiary/aromatic N) is 3. The monoisotopic (exact) mass is 276 g/mol. The number of nitrogens with two attached hydrogens (primary N) is 1. The van der Waals surface area contributed by atoms with Crippen molar-refractivity contribution < 1.29 is 0 Å². The first-order valence-corrected chi connectivity index (χ1v) is 7.61. The van der Waals surface area contributed by atoms with Gasteiger partial charge in [0.15, 0.2) is 0 Å². The summed E-state index contributed by atoms with van der Waals surface area (Å²) in [6, 6.07) is 4.51. The highest BCUT2D eigenvalue weighted by atomic mass is 15.1. The van der Waals surface area contributed by atoms with Crippen LogP contribution in [-0.4, -0.2) is 55.1 Å². The van der Waals surface area contributed by atoms with Crippen molar-refractivity contribution in [3.63, 3.8) is 0 Å². The fourth-order valence-corrected chi connectivity index (χ4v) is 3.03. The van der Waals surface area contributed by atoms with Gasteiger partial charge in [0, 0.05) is 31.0 Å². The molecule has 0 saturated carbocycles. The first-order chi connectivity index (χ1) is 9.60. The summed E-state index contributed by atoms with van der Waals surface area (Å²) >= 11 is 0. The van der Waals surface area contributed by atoms with Crippen molar-refractivity contribution in [3.8, 4) is 0 Å². The average molecular weight is 276 g/mol. The number of piperidine rings is 1. The molecule has 1 fully saturated rings. The van der Waals surface area contributed by atoms with Gasteiger partial charge in [-0.25, -0.2) is 0 Å². The molecule has 4 heteroatoms. The number of aromatic nitrogens is 1. The van der Waals surface area contributed by atoms with Crippen LogP contribution in [-0.2, 0) is 0 Å². The topological polar surface area (TPSA) is 45.4 Å². The van der Waals surface area contributed by atoms with Gasteiger partial charge in [0.25, 0.3) is 0 Å². The van der Waals surface area contributed by atoms with Gasteiger partial charge in [-0.3, -0.25) is 9.88 Å². The van der Waals surface area contributed by atoms with Crippen LogP contribution in [0.15, 0.2) is 18.3 Å². The van der Waals surface area contributed by atoms with Crippen molar-refractivity contribution in [2.45, 2.75) is 25.8 Å². The summed E-state index contributed by atoms with van der Waals surface area (Å²) in [5, 5.41) is 0. The lowest BCUT2D eigenvalue weighted by Gasteiger charge is -2.34. The van der Waals surface area contributed by atoms with E-state index in [-0.39, 0.29) is 6.04 Å². The van der Waals surface area contributed by atoms with E-state index in [0.29, 0.717) is 6.54 Å². The predicted molar refractivity (Wildman–Crippen MR) is 83.6 cm³/mol. The third-order valence-electron chi connectivity index (χ3n) is 4.46. The van der Waals surface area contributed by atoms with Crippen molar-refractivity contribution >= 4 is 0 Å². The summed E-state index contributed by atoms with van der Waals surface area (Å²) < 4.78 is 0. The maximum Gasteiger partial charge on any atom is 0.0482 e. The van der Waals surface area contributed by atoms with Crippen LogP contribution in [0.4, 0.5) is 0 Å². The number of hydrogen-bond donors (Lipinski definition) is 1. The molecule has 1 unspecified atom stereocenters. The van der Waals surface area contributed by atoms with Crippen LogP contribution in [0, 0.1) is 12.8 Å². The fourth-order valence-electron chi connectivity index (χ4n) is 3.03. The number of likely N-dealkylation sites (N-methyl/N-ethyl adjacent to an activating group) is 1. The molecule has 1 aromatic heterocycles. The van der Waals surface area contributed by atoms with Crippen molar-refractivity contribution in [1.82, 2.24) is 14.8 Å². The van der Waals surface area contributed by atoms with Crippen LogP contribution in [0.1, 0.15) is 30.1 Å². The molecule has 0 aromatic carbocycles. The minimum absolute atomic E-state index is 0.280. The zero-order chi connectivity index (χ0) is 14.5. The van der Waals surface area contributed by atoms with E-state index in [1.54, 1.807) is 0 Å². The number of hydrogen-bond acceptors (Lipinski definition) is 4. The zero-order valence-electron chi connectivity index (χ0n) is 13.0. The second-order valence-corrected chi connectivity index (χ2v) is 6.17. The molecule has 0 spiro atoms. The van der Waals surface area contributed by atoms with E-state index in [1.807, 2.05) is 13.1 Å². The molecule has 0 amide bonds. The number of pyridine rings is 1. The zero-order valence-corrected chi connectivity index (χ0v) is 13.0. The Morgan fingerprint density at radius 2 is 2.10 bits per heavy atom. The molecule has 1 aliphatic rings. The van der Waals surface area contributed by atoms with E-state index in [2.05, 4.69) is 41.0 Å². The average Bonchev–Trinajstić information content (AvgIpc) is 2.44. The van der Waals surface area contributed by atoms with Gasteiger partial charge in [-0.2, -0.15) is 0 Å². The van der Waals surface area contributed by atoms with E-state index in [4.69, 9.17) is 5.73 Å². The Morgan fingerprint density at radius 1 is 1.40 bits per heavy atom. The lowest BCUT2D eigenvalue weighted by molar-refractivity contribution is 0.151. The highest BCUT2D eigenvalue weighted by Gasteiger charge is 2.22. The van der Waals surface area contributed by atoms with Gasteiger partial charge >= 0.3 is 0 Å². The van der Waals surface area contributed by atoms with E-state index < -0.39 is 0 Å². The Balaban J connectivity index is 1.95. The fraction of sp³-hybridized carbons (Fsp3) is 0.688. The molecule has 2 heterocycles. The molecule has 1 saturated heterocycles. The van der Waals surface area contributed by atoms with Crippen molar-refractivity contribution in [3.05, 3.63) is 29.6 Å². The van der Waals surface area contributed by atoms with E-state index >= 15 is 0 Å². The maximum absolute atomic E-state index is 5.99. The Hall–Kier alpha value is -0.970. The quantitative estimate of drug-likeness (QED) is 0.888. The smallest absolute Gasteiger partial charge is 0.0482 e. The molecule has 4 nitrogen and oxygen atoms in total. The van der Waals surface area contributed by atoms with E-state index in [1.165, 1.54) is 31.5 Å². The highest BCUT2D eigenvalue weighted by Crippen LogP contribution is 2.23. The molecule has 20 heavy (non-hydrogen) atoms. The molecule has 0 bridgehead atoms. The van der Waals surface area contributed by atoms with Crippen molar-refractivity contribution in [1.29, 1.82) is 0 Å². The molecule has 1 aliphatic heterocycles. The van der Waals surface area contributed by atoms with Crippen LogP contribution in [0.2, 0.25) is 0 Å². The summed E-state index contributed by atoms with van der Waals surface area (Å²) in [5.74, 6) is 0.795. The summed E-state index contributed by atoms with van der Waals surface area (Å²) in [6.45, 7) is 6.23. The van der Waals surface area contributed by atoms with E-state index in [0.717, 1.165) is 18.2 Å². The van der Waals surface area contributed by atoms with Crippen LogP contribution < -0.4 is 5.73 Å². The lowest BCUT2D eigenvalue weighted by atomic mass is 9.95. The first-order valence-electron chi connectivity index (χ1n) is 7.61. The SMILES string of the molecule is Cc1ccc(C(CN)N(C)CC2CCN(C)CC2)cn1. The Kier molecular flexibility index (Phi) is 5.52. The van der Waals surface area contributed by atoms with Crippen LogP contribution in [0.5, 0.6) is 0 Å². The molecular weight excluding hydrogens is 248 g/mol. The molecule has 2 rings (SSSR count). The van der Waals surface area contributed by atoms with E-state index in [9.17, 15) is 0 Å². The standard InChI is InChI=1S/C16H28N4/c1-13-4-5-15(11-18-13)16(10-17)20(3)12-14-6-8-19(2)9-7-14/h4-5,11,14,16H,6-10,12,17H2,1-3H3. The second-order valence-electron chi connectivity index (χ2n) is 6.17. The first kappa shape index (κ1) is 15.4. The summed E-state index contributed by atoms with van der Waals surface area (Å²) in [5.41, 5.74) is 8.28. The van der Waals surface area contributed by atoms with Crippen molar-refractivity contribution in [2.24, 2.45) is 11.7 Å². The van der Waals surface area contributed by atoms with Gasteiger partial charge in [-0.15, -0.1) is 0 Å². The molecule has 1 atom stereocenters. The van der Waals surface area contributed by atoms with Crippen LogP contribution in [0.3, 0.4) is 0 Å².